The molecule has 0 saturated carbocycles. The van der Waals surface area contributed by atoms with Gasteiger partial charge in [-0.3, -0.25) is 30.6 Å². The molecule has 9 heteroatoms. The third kappa shape index (κ3) is 7.64. The van der Waals surface area contributed by atoms with Gasteiger partial charge in [-0.15, -0.1) is 0 Å². The van der Waals surface area contributed by atoms with Gasteiger partial charge < -0.3 is 10.1 Å². The van der Waals surface area contributed by atoms with E-state index in [0.29, 0.717) is 28.1 Å². The molecule has 4 N–H and O–H groups in total. The van der Waals surface area contributed by atoms with Gasteiger partial charge in [0.1, 0.15) is 5.75 Å². The predicted molar refractivity (Wildman–Crippen MR) is 143 cm³/mol. The Morgan fingerprint density at radius 2 is 1.50 bits per heavy atom. The number of hydrogen-bond donors (Lipinski definition) is 4. The van der Waals surface area contributed by atoms with E-state index in [1.165, 1.54) is 0 Å². The molecule has 0 spiro atoms. The first-order valence-electron chi connectivity index (χ1n) is 11.4. The molecule has 186 valence electrons. The number of anilines is 1. The van der Waals surface area contributed by atoms with Crippen LogP contribution in [-0.2, 0) is 0 Å². The number of aryl methyl sites for hydroxylation is 1. The van der Waals surface area contributed by atoms with Crippen molar-refractivity contribution in [1.82, 2.24) is 16.2 Å². The summed E-state index contributed by atoms with van der Waals surface area (Å²) >= 11 is 5.11. The number of carbonyl (C=O) groups excluding carboxylic acids is 3. The van der Waals surface area contributed by atoms with Crippen LogP contribution in [0.5, 0.6) is 5.75 Å². The molecule has 0 fully saturated rings. The Bertz CT molecular complexity index is 1260. The van der Waals surface area contributed by atoms with Gasteiger partial charge in [-0.25, -0.2) is 0 Å². The van der Waals surface area contributed by atoms with E-state index in [2.05, 4.69) is 21.5 Å². The quantitative estimate of drug-likeness (QED) is 0.281. The summed E-state index contributed by atoms with van der Waals surface area (Å²) in [4.78, 5) is 37.3. The Morgan fingerprint density at radius 1 is 0.833 bits per heavy atom. The molecular formula is C27H28N4O4S. The highest BCUT2D eigenvalue weighted by Gasteiger charge is 2.12. The number of amides is 3. The smallest absolute Gasteiger partial charge is 0.269 e. The molecule has 0 heterocycles. The maximum Gasteiger partial charge on any atom is 0.269 e. The minimum absolute atomic E-state index is 0.0275. The molecular weight excluding hydrogens is 476 g/mol. The molecule has 0 aliphatic heterocycles. The molecule has 0 bridgehead atoms. The lowest BCUT2D eigenvalue weighted by Gasteiger charge is -2.14. The second-order valence-corrected chi connectivity index (χ2v) is 8.54. The van der Waals surface area contributed by atoms with Gasteiger partial charge in [-0.1, -0.05) is 30.7 Å². The monoisotopic (exact) mass is 504 g/mol. The highest BCUT2D eigenvalue weighted by Crippen LogP contribution is 2.16. The van der Waals surface area contributed by atoms with Crippen molar-refractivity contribution < 1.29 is 19.1 Å². The molecule has 3 amide bonds. The largest absolute Gasteiger partial charge is 0.491 e. The second kappa shape index (κ2) is 12.5. The van der Waals surface area contributed by atoms with Gasteiger partial charge in [0.25, 0.3) is 17.7 Å². The van der Waals surface area contributed by atoms with E-state index in [0.717, 1.165) is 12.0 Å². The van der Waals surface area contributed by atoms with E-state index < -0.39 is 11.8 Å². The lowest BCUT2D eigenvalue weighted by molar-refractivity contribution is 0.0934. The molecule has 1 atom stereocenters. The van der Waals surface area contributed by atoms with Gasteiger partial charge in [0, 0.05) is 22.4 Å². The lowest BCUT2D eigenvalue weighted by atomic mass is 10.1. The maximum atomic E-state index is 12.5. The highest BCUT2D eigenvalue weighted by molar-refractivity contribution is 7.80. The summed E-state index contributed by atoms with van der Waals surface area (Å²) in [6.45, 7) is 5.87. The zero-order valence-corrected chi connectivity index (χ0v) is 21.1. The van der Waals surface area contributed by atoms with Crippen LogP contribution in [0.1, 0.15) is 56.9 Å². The normalized spacial score (nSPS) is 11.1. The van der Waals surface area contributed by atoms with Crippen LogP contribution in [0.15, 0.2) is 72.8 Å². The van der Waals surface area contributed by atoms with Crippen LogP contribution in [0.3, 0.4) is 0 Å². The number of benzene rings is 3. The van der Waals surface area contributed by atoms with Crippen molar-refractivity contribution in [1.29, 1.82) is 0 Å². The molecule has 3 rings (SSSR count). The second-order valence-electron chi connectivity index (χ2n) is 8.13. The average molecular weight is 505 g/mol. The van der Waals surface area contributed by atoms with Crippen LogP contribution in [-0.4, -0.2) is 28.9 Å². The van der Waals surface area contributed by atoms with E-state index in [4.69, 9.17) is 17.0 Å². The summed E-state index contributed by atoms with van der Waals surface area (Å²) in [6.07, 6.45) is 0.870. The van der Waals surface area contributed by atoms with Crippen LogP contribution in [0.25, 0.3) is 0 Å². The van der Waals surface area contributed by atoms with Crippen molar-refractivity contribution >= 4 is 40.7 Å². The fourth-order valence-electron chi connectivity index (χ4n) is 3.11. The van der Waals surface area contributed by atoms with Gasteiger partial charge in [-0.05, 0) is 87.1 Å². The number of carbonyl (C=O) groups is 3. The van der Waals surface area contributed by atoms with Crippen LogP contribution >= 0.6 is 12.2 Å². The summed E-state index contributed by atoms with van der Waals surface area (Å²) in [5.41, 5.74) is 7.73. The van der Waals surface area contributed by atoms with E-state index in [1.54, 1.807) is 60.7 Å². The molecule has 0 radical (unpaired) electrons. The Kier molecular flexibility index (Phi) is 9.13. The fourth-order valence-corrected chi connectivity index (χ4v) is 3.26. The van der Waals surface area contributed by atoms with E-state index in [-0.39, 0.29) is 17.1 Å². The molecule has 1 unspecified atom stereocenters. The van der Waals surface area contributed by atoms with Crippen molar-refractivity contribution in [2.75, 3.05) is 5.32 Å². The molecule has 3 aromatic rings. The topological polar surface area (TPSA) is 109 Å². The number of ether oxygens (including phenoxy) is 1. The van der Waals surface area contributed by atoms with Crippen LogP contribution < -0.4 is 26.2 Å². The standard InChI is InChI=1S/C27H28N4O4S/c1-4-18(3)35-23-10-6-9-21(16-23)25(33)29-27(36)31-30-26(34)19-11-13-22(14-12-19)28-24(32)20-8-5-7-17(2)15-20/h5-16,18H,4H2,1-3H3,(H,28,32)(H,30,34)(H2,29,31,33,36). The molecule has 0 saturated heterocycles. The van der Waals surface area contributed by atoms with Crippen molar-refractivity contribution in [2.24, 2.45) is 0 Å². The fraction of sp³-hybridized carbons (Fsp3) is 0.185. The third-order valence-corrected chi connectivity index (χ3v) is 5.41. The number of rotatable bonds is 7. The van der Waals surface area contributed by atoms with Gasteiger partial charge in [0.2, 0.25) is 0 Å². The van der Waals surface area contributed by atoms with Gasteiger partial charge >= 0.3 is 0 Å². The van der Waals surface area contributed by atoms with Crippen LogP contribution in [0.2, 0.25) is 0 Å². The molecule has 3 aromatic carbocycles. The van der Waals surface area contributed by atoms with Crippen molar-refractivity contribution in [2.45, 2.75) is 33.3 Å². The maximum absolute atomic E-state index is 12.5. The van der Waals surface area contributed by atoms with E-state index in [1.807, 2.05) is 32.9 Å². The molecule has 0 aromatic heterocycles. The Labute approximate surface area is 215 Å². The first-order valence-corrected chi connectivity index (χ1v) is 11.8. The van der Waals surface area contributed by atoms with Crippen LogP contribution in [0, 0.1) is 6.92 Å². The number of hydrogen-bond acceptors (Lipinski definition) is 5. The summed E-state index contributed by atoms with van der Waals surface area (Å²) in [6, 6.07) is 20.4. The van der Waals surface area contributed by atoms with E-state index in [9.17, 15) is 14.4 Å². The van der Waals surface area contributed by atoms with Gasteiger partial charge in [0.15, 0.2) is 5.11 Å². The van der Waals surface area contributed by atoms with Gasteiger partial charge in [0.05, 0.1) is 6.10 Å². The SMILES string of the molecule is CCC(C)Oc1cccc(C(=O)NC(=S)NNC(=O)c2ccc(NC(=O)c3cccc(C)c3)cc2)c1. The summed E-state index contributed by atoms with van der Waals surface area (Å²) in [5.74, 6) is -0.560. The number of thiocarbonyl (C=S) groups is 1. The number of nitrogens with one attached hydrogen (secondary N) is 4. The Balaban J connectivity index is 1.49. The minimum atomic E-state index is -0.466. The third-order valence-electron chi connectivity index (χ3n) is 5.21. The minimum Gasteiger partial charge on any atom is -0.491 e. The van der Waals surface area contributed by atoms with Gasteiger partial charge in [-0.2, -0.15) is 0 Å². The highest BCUT2D eigenvalue weighted by atomic mass is 32.1. The van der Waals surface area contributed by atoms with Crippen molar-refractivity contribution in [3.63, 3.8) is 0 Å². The zero-order chi connectivity index (χ0) is 26.1. The van der Waals surface area contributed by atoms with Crippen LogP contribution in [0.4, 0.5) is 5.69 Å². The lowest BCUT2D eigenvalue weighted by Crippen LogP contribution is -2.48. The predicted octanol–water partition coefficient (Wildman–Crippen LogP) is 4.37. The molecule has 0 aliphatic rings. The molecule has 8 nitrogen and oxygen atoms in total. The number of hydrazine groups is 1. The first kappa shape index (κ1) is 26.4. The molecule has 36 heavy (non-hydrogen) atoms. The Morgan fingerprint density at radius 3 is 2.17 bits per heavy atom. The summed E-state index contributed by atoms with van der Waals surface area (Å²) < 4.78 is 5.74. The summed E-state index contributed by atoms with van der Waals surface area (Å²) in [7, 11) is 0. The first-order chi connectivity index (χ1) is 17.2. The van der Waals surface area contributed by atoms with Crippen molar-refractivity contribution in [3.8, 4) is 5.75 Å². The van der Waals surface area contributed by atoms with Crippen molar-refractivity contribution in [3.05, 3.63) is 95.1 Å². The zero-order valence-electron chi connectivity index (χ0n) is 20.3. The average Bonchev–Trinajstić information content (AvgIpc) is 2.87. The Hall–Kier alpha value is -4.24. The molecule has 0 aliphatic carbocycles. The summed E-state index contributed by atoms with van der Waals surface area (Å²) in [5, 5.41) is 5.24. The van der Waals surface area contributed by atoms with E-state index >= 15 is 0 Å².